The Bertz CT molecular complexity index is 371. The van der Waals surface area contributed by atoms with E-state index in [0.717, 1.165) is 36.0 Å². The molecule has 0 aliphatic heterocycles. The van der Waals surface area contributed by atoms with E-state index in [2.05, 4.69) is 24.2 Å². The Morgan fingerprint density at radius 3 is 2.78 bits per heavy atom. The zero-order valence-corrected chi connectivity index (χ0v) is 12.4. The first-order chi connectivity index (χ1) is 8.56. The summed E-state index contributed by atoms with van der Waals surface area (Å²) in [5, 5.41) is 3.95. The average Bonchev–Trinajstić information content (AvgIpc) is 2.29. The van der Waals surface area contributed by atoms with Crippen molar-refractivity contribution in [2.45, 2.75) is 13.5 Å². The first-order valence-electron chi connectivity index (χ1n) is 6.22. The number of nitrogens with one attached hydrogen (secondary N) is 1. The number of benzene rings is 1. The van der Waals surface area contributed by atoms with E-state index in [0.29, 0.717) is 5.92 Å². The lowest BCUT2D eigenvalue weighted by molar-refractivity contribution is 0.272. The molecular weight excluding hydrogens is 248 g/mol. The molecule has 102 valence electrons. The maximum absolute atomic E-state index is 6.03. The van der Waals surface area contributed by atoms with E-state index in [4.69, 9.17) is 16.3 Å². The number of rotatable bonds is 7. The van der Waals surface area contributed by atoms with Gasteiger partial charge in [-0.15, -0.1) is 0 Å². The molecule has 0 aliphatic carbocycles. The van der Waals surface area contributed by atoms with Crippen molar-refractivity contribution in [3.05, 3.63) is 28.8 Å². The van der Waals surface area contributed by atoms with E-state index in [1.54, 1.807) is 7.11 Å². The molecule has 0 aromatic heterocycles. The highest BCUT2D eigenvalue weighted by Gasteiger charge is 2.10. The Hall–Kier alpha value is -0.770. The van der Waals surface area contributed by atoms with Gasteiger partial charge in [0.25, 0.3) is 0 Å². The van der Waals surface area contributed by atoms with Gasteiger partial charge in [0.2, 0.25) is 0 Å². The second kappa shape index (κ2) is 7.62. The van der Waals surface area contributed by atoms with Gasteiger partial charge in [-0.3, -0.25) is 0 Å². The van der Waals surface area contributed by atoms with Crippen LogP contribution >= 0.6 is 11.6 Å². The zero-order valence-electron chi connectivity index (χ0n) is 11.7. The minimum absolute atomic E-state index is 0.616. The molecule has 0 saturated heterocycles. The molecule has 4 heteroatoms. The SMILES string of the molecule is CNCC(C)CN(C)Cc1cc(Cl)ccc1OC. The molecule has 1 N–H and O–H groups in total. The third kappa shape index (κ3) is 4.84. The molecule has 3 nitrogen and oxygen atoms in total. The van der Waals surface area contributed by atoms with Gasteiger partial charge in [-0.05, 0) is 44.8 Å². The van der Waals surface area contributed by atoms with Gasteiger partial charge >= 0.3 is 0 Å². The van der Waals surface area contributed by atoms with Crippen LogP contribution in [0.25, 0.3) is 0 Å². The van der Waals surface area contributed by atoms with Gasteiger partial charge in [0.1, 0.15) is 5.75 Å². The molecule has 1 aromatic carbocycles. The number of nitrogens with zero attached hydrogens (tertiary/aromatic N) is 1. The molecule has 0 heterocycles. The van der Waals surface area contributed by atoms with Crippen LogP contribution in [0.3, 0.4) is 0 Å². The summed E-state index contributed by atoms with van der Waals surface area (Å²) in [6, 6.07) is 5.75. The van der Waals surface area contributed by atoms with Crippen molar-refractivity contribution in [2.75, 3.05) is 34.3 Å². The summed E-state index contributed by atoms with van der Waals surface area (Å²) >= 11 is 6.03. The van der Waals surface area contributed by atoms with Gasteiger partial charge in [-0.25, -0.2) is 0 Å². The Morgan fingerprint density at radius 2 is 2.17 bits per heavy atom. The smallest absolute Gasteiger partial charge is 0.123 e. The lowest BCUT2D eigenvalue weighted by atomic mass is 10.1. The predicted octanol–water partition coefficient (Wildman–Crippen LogP) is 2.64. The summed E-state index contributed by atoms with van der Waals surface area (Å²) in [5.74, 6) is 1.51. The number of halogens is 1. The molecule has 1 atom stereocenters. The Labute approximate surface area is 115 Å². The minimum atomic E-state index is 0.616. The van der Waals surface area contributed by atoms with Crippen LogP contribution in [-0.2, 0) is 6.54 Å². The number of methoxy groups -OCH3 is 1. The molecular formula is C14H23ClN2O. The highest BCUT2D eigenvalue weighted by atomic mass is 35.5. The summed E-state index contributed by atoms with van der Waals surface area (Å²) in [6.07, 6.45) is 0. The van der Waals surface area contributed by atoms with E-state index < -0.39 is 0 Å². The van der Waals surface area contributed by atoms with Gasteiger partial charge in [0, 0.05) is 23.7 Å². The second-order valence-electron chi connectivity index (χ2n) is 4.82. The first kappa shape index (κ1) is 15.3. The van der Waals surface area contributed by atoms with Crippen LogP contribution in [0.1, 0.15) is 12.5 Å². The van der Waals surface area contributed by atoms with Crippen LogP contribution in [0.2, 0.25) is 5.02 Å². The Balaban J connectivity index is 2.63. The molecule has 0 aliphatic rings. The molecule has 0 radical (unpaired) electrons. The third-order valence-corrected chi connectivity index (χ3v) is 3.09. The Kier molecular flexibility index (Phi) is 6.47. The fraction of sp³-hybridized carbons (Fsp3) is 0.571. The van der Waals surface area contributed by atoms with Gasteiger partial charge < -0.3 is 15.0 Å². The molecule has 0 spiro atoms. The fourth-order valence-electron chi connectivity index (χ4n) is 2.17. The number of hydrogen-bond donors (Lipinski definition) is 1. The molecule has 0 amide bonds. The molecule has 18 heavy (non-hydrogen) atoms. The summed E-state index contributed by atoms with van der Waals surface area (Å²) < 4.78 is 5.36. The van der Waals surface area contributed by atoms with Crippen molar-refractivity contribution in [3.8, 4) is 5.75 Å². The van der Waals surface area contributed by atoms with E-state index >= 15 is 0 Å². The van der Waals surface area contributed by atoms with Gasteiger partial charge in [0.05, 0.1) is 7.11 Å². The number of hydrogen-bond acceptors (Lipinski definition) is 3. The second-order valence-corrected chi connectivity index (χ2v) is 5.25. The van der Waals surface area contributed by atoms with Gasteiger partial charge in [-0.2, -0.15) is 0 Å². The summed E-state index contributed by atoms with van der Waals surface area (Å²) in [4.78, 5) is 2.29. The van der Waals surface area contributed by atoms with E-state index in [1.807, 2.05) is 25.2 Å². The highest BCUT2D eigenvalue weighted by molar-refractivity contribution is 6.30. The zero-order chi connectivity index (χ0) is 13.5. The largest absolute Gasteiger partial charge is 0.496 e. The standard InChI is InChI=1S/C14H23ClN2O/c1-11(8-16-2)9-17(3)10-12-7-13(15)5-6-14(12)18-4/h5-7,11,16H,8-10H2,1-4H3. The van der Waals surface area contributed by atoms with Crippen LogP contribution in [0.15, 0.2) is 18.2 Å². The van der Waals surface area contributed by atoms with Crippen LogP contribution in [0.5, 0.6) is 5.75 Å². The monoisotopic (exact) mass is 270 g/mol. The van der Waals surface area contributed by atoms with Crippen LogP contribution in [-0.4, -0.2) is 39.2 Å². The van der Waals surface area contributed by atoms with Crippen molar-refractivity contribution >= 4 is 11.6 Å². The molecule has 0 fully saturated rings. The Morgan fingerprint density at radius 1 is 1.44 bits per heavy atom. The molecule has 1 rings (SSSR count). The van der Waals surface area contributed by atoms with Crippen molar-refractivity contribution in [1.29, 1.82) is 0 Å². The van der Waals surface area contributed by atoms with Crippen molar-refractivity contribution in [2.24, 2.45) is 5.92 Å². The fourth-order valence-corrected chi connectivity index (χ4v) is 2.37. The lowest BCUT2D eigenvalue weighted by Gasteiger charge is -2.22. The van der Waals surface area contributed by atoms with Crippen molar-refractivity contribution in [3.63, 3.8) is 0 Å². The average molecular weight is 271 g/mol. The molecule has 1 unspecified atom stereocenters. The predicted molar refractivity (Wildman–Crippen MR) is 77.4 cm³/mol. The van der Waals surface area contributed by atoms with E-state index in [-0.39, 0.29) is 0 Å². The highest BCUT2D eigenvalue weighted by Crippen LogP contribution is 2.23. The molecule has 0 bridgehead atoms. The van der Waals surface area contributed by atoms with Crippen LogP contribution in [0, 0.1) is 5.92 Å². The maximum atomic E-state index is 6.03. The normalized spacial score (nSPS) is 12.8. The van der Waals surface area contributed by atoms with Gasteiger partial charge in [0.15, 0.2) is 0 Å². The van der Waals surface area contributed by atoms with Crippen molar-refractivity contribution in [1.82, 2.24) is 10.2 Å². The quantitative estimate of drug-likeness (QED) is 0.824. The minimum Gasteiger partial charge on any atom is -0.496 e. The van der Waals surface area contributed by atoms with Gasteiger partial charge in [-0.1, -0.05) is 18.5 Å². The van der Waals surface area contributed by atoms with Crippen LogP contribution in [0.4, 0.5) is 0 Å². The number of ether oxygens (including phenoxy) is 1. The van der Waals surface area contributed by atoms with E-state index in [1.165, 1.54) is 0 Å². The summed E-state index contributed by atoms with van der Waals surface area (Å²) in [7, 11) is 5.79. The first-order valence-corrected chi connectivity index (χ1v) is 6.60. The topological polar surface area (TPSA) is 24.5 Å². The third-order valence-electron chi connectivity index (χ3n) is 2.86. The molecule has 0 saturated carbocycles. The van der Waals surface area contributed by atoms with Crippen molar-refractivity contribution < 1.29 is 4.74 Å². The summed E-state index contributed by atoms with van der Waals surface area (Å²) in [6.45, 7) is 5.15. The lowest BCUT2D eigenvalue weighted by Crippen LogP contribution is -2.29. The van der Waals surface area contributed by atoms with Crippen LogP contribution < -0.4 is 10.1 Å². The maximum Gasteiger partial charge on any atom is 0.123 e. The van der Waals surface area contributed by atoms with E-state index in [9.17, 15) is 0 Å². The molecule has 1 aromatic rings. The summed E-state index contributed by atoms with van der Waals surface area (Å²) in [5.41, 5.74) is 1.13.